The highest BCUT2D eigenvalue weighted by molar-refractivity contribution is 6.00. The Bertz CT molecular complexity index is 1140. The summed E-state index contributed by atoms with van der Waals surface area (Å²) < 4.78 is 24.7. The summed E-state index contributed by atoms with van der Waals surface area (Å²) in [6.07, 6.45) is 0.907. The van der Waals surface area contributed by atoms with Crippen molar-refractivity contribution < 1.29 is 18.4 Å². The fourth-order valence-corrected chi connectivity index (χ4v) is 3.80. The minimum atomic E-state index is -2.38. The predicted molar refractivity (Wildman–Crippen MR) is 115 cm³/mol. The standard InChI is InChI=1S/C18H12N2O2.C6H11F2N/c21-10-11-4-5-13-12(8-11)2-1-3-14(13)16-7-6-15-17(20-16)9-19-18(15)22;1-9-4-2-6(7,8)3-5-9/h1-8,10H,9H2,(H,19,22);2-5H2,1H3. The van der Waals surface area contributed by atoms with Crippen molar-refractivity contribution in [3.63, 3.8) is 0 Å². The number of piperidine rings is 1. The normalized spacial score (nSPS) is 17.5. The minimum absolute atomic E-state index is 0.0312. The first-order valence-electron chi connectivity index (χ1n) is 10.2. The third-order valence-corrected chi connectivity index (χ3v) is 5.67. The van der Waals surface area contributed by atoms with E-state index in [0.29, 0.717) is 30.8 Å². The molecule has 160 valence electrons. The van der Waals surface area contributed by atoms with Gasteiger partial charge in [0.05, 0.1) is 23.5 Å². The molecule has 0 spiro atoms. The summed E-state index contributed by atoms with van der Waals surface area (Å²) in [7, 11) is 1.87. The van der Waals surface area contributed by atoms with E-state index >= 15 is 0 Å². The van der Waals surface area contributed by atoms with Crippen LogP contribution in [0.15, 0.2) is 48.5 Å². The lowest BCUT2D eigenvalue weighted by atomic mass is 9.99. The van der Waals surface area contributed by atoms with Gasteiger partial charge < -0.3 is 10.2 Å². The highest BCUT2D eigenvalue weighted by Crippen LogP contribution is 2.29. The van der Waals surface area contributed by atoms with Gasteiger partial charge in [-0.05, 0) is 36.0 Å². The van der Waals surface area contributed by atoms with E-state index in [0.717, 1.165) is 34.0 Å². The molecule has 31 heavy (non-hydrogen) atoms. The summed E-state index contributed by atoms with van der Waals surface area (Å²) in [4.78, 5) is 29.1. The molecule has 2 aliphatic heterocycles. The van der Waals surface area contributed by atoms with Crippen LogP contribution in [-0.2, 0) is 6.54 Å². The molecule has 1 aromatic heterocycles. The first kappa shape index (κ1) is 21.1. The highest BCUT2D eigenvalue weighted by atomic mass is 19.3. The molecule has 2 aromatic carbocycles. The number of nitrogens with zero attached hydrogens (tertiary/aromatic N) is 2. The number of hydrogen-bond acceptors (Lipinski definition) is 4. The van der Waals surface area contributed by atoms with E-state index < -0.39 is 5.92 Å². The number of carbonyl (C=O) groups is 2. The van der Waals surface area contributed by atoms with Gasteiger partial charge in [-0.3, -0.25) is 14.6 Å². The molecule has 3 heterocycles. The fraction of sp³-hybridized carbons (Fsp3) is 0.292. The van der Waals surface area contributed by atoms with Gasteiger partial charge in [-0.25, -0.2) is 8.78 Å². The Labute approximate surface area is 179 Å². The molecule has 5 rings (SSSR count). The topological polar surface area (TPSA) is 62.3 Å². The Morgan fingerprint density at radius 3 is 2.55 bits per heavy atom. The minimum Gasteiger partial charge on any atom is -0.346 e. The van der Waals surface area contributed by atoms with E-state index in [2.05, 4.69) is 10.3 Å². The first-order chi connectivity index (χ1) is 14.9. The van der Waals surface area contributed by atoms with Crippen molar-refractivity contribution in [2.75, 3.05) is 20.1 Å². The fourth-order valence-electron chi connectivity index (χ4n) is 3.80. The van der Waals surface area contributed by atoms with Crippen LogP contribution in [0.25, 0.3) is 22.0 Å². The molecular formula is C24H23F2N3O2. The second-order valence-corrected chi connectivity index (χ2v) is 7.94. The molecule has 3 aromatic rings. The monoisotopic (exact) mass is 423 g/mol. The van der Waals surface area contributed by atoms with Gasteiger partial charge in [-0.2, -0.15) is 0 Å². The Balaban J connectivity index is 0.000000217. The van der Waals surface area contributed by atoms with E-state index in [1.807, 2.05) is 54.4 Å². The molecule has 5 nitrogen and oxygen atoms in total. The Morgan fingerprint density at radius 1 is 1.06 bits per heavy atom. The molecule has 0 radical (unpaired) electrons. The first-order valence-corrected chi connectivity index (χ1v) is 10.2. The van der Waals surface area contributed by atoms with E-state index in [9.17, 15) is 18.4 Å². The van der Waals surface area contributed by atoms with Crippen LogP contribution in [0, 0.1) is 0 Å². The summed E-state index contributed by atoms with van der Waals surface area (Å²) in [5.41, 5.74) is 3.91. The van der Waals surface area contributed by atoms with Crippen LogP contribution in [0.3, 0.4) is 0 Å². The third kappa shape index (κ3) is 4.61. The average molecular weight is 423 g/mol. The number of amides is 1. The number of nitrogens with one attached hydrogen (secondary N) is 1. The summed E-state index contributed by atoms with van der Waals surface area (Å²) in [5, 5.41) is 4.81. The molecule has 1 saturated heterocycles. The number of likely N-dealkylation sites (tertiary alicyclic amines) is 1. The van der Waals surface area contributed by atoms with Crippen LogP contribution in [0.4, 0.5) is 8.78 Å². The molecule has 7 heteroatoms. The van der Waals surface area contributed by atoms with Crippen molar-refractivity contribution in [1.29, 1.82) is 0 Å². The largest absolute Gasteiger partial charge is 0.346 e. The van der Waals surface area contributed by atoms with Crippen LogP contribution >= 0.6 is 0 Å². The average Bonchev–Trinajstić information content (AvgIpc) is 3.15. The number of aromatic nitrogens is 1. The quantitative estimate of drug-likeness (QED) is 0.624. The second-order valence-electron chi connectivity index (χ2n) is 7.94. The van der Waals surface area contributed by atoms with Crippen molar-refractivity contribution in [2.24, 2.45) is 0 Å². The van der Waals surface area contributed by atoms with E-state index in [-0.39, 0.29) is 18.7 Å². The van der Waals surface area contributed by atoms with Crippen LogP contribution < -0.4 is 5.32 Å². The van der Waals surface area contributed by atoms with Crippen LogP contribution in [0.1, 0.15) is 39.3 Å². The number of hydrogen-bond donors (Lipinski definition) is 1. The third-order valence-electron chi connectivity index (χ3n) is 5.67. The zero-order valence-electron chi connectivity index (χ0n) is 17.2. The van der Waals surface area contributed by atoms with Crippen molar-refractivity contribution in [3.8, 4) is 11.3 Å². The number of carbonyl (C=O) groups excluding carboxylic acids is 2. The second kappa shape index (κ2) is 8.51. The number of fused-ring (bicyclic) bond motifs is 2. The number of aldehydes is 1. The maximum Gasteiger partial charge on any atom is 0.253 e. The molecule has 1 amide bonds. The lowest BCUT2D eigenvalue weighted by Gasteiger charge is -2.28. The van der Waals surface area contributed by atoms with E-state index in [4.69, 9.17) is 0 Å². The lowest BCUT2D eigenvalue weighted by Crippen LogP contribution is -2.36. The van der Waals surface area contributed by atoms with Crippen molar-refractivity contribution in [1.82, 2.24) is 15.2 Å². The summed E-state index contributed by atoms with van der Waals surface area (Å²) in [5.74, 6) is -2.45. The molecule has 2 aliphatic rings. The maximum atomic E-state index is 12.4. The van der Waals surface area contributed by atoms with Gasteiger partial charge in [0, 0.05) is 37.1 Å². The molecule has 0 bridgehead atoms. The number of rotatable bonds is 2. The van der Waals surface area contributed by atoms with Gasteiger partial charge in [0.25, 0.3) is 11.8 Å². The van der Waals surface area contributed by atoms with Gasteiger partial charge >= 0.3 is 0 Å². The summed E-state index contributed by atoms with van der Waals surface area (Å²) in [6, 6.07) is 15.2. The van der Waals surface area contributed by atoms with Gasteiger partial charge in [0.2, 0.25) is 0 Å². The highest BCUT2D eigenvalue weighted by Gasteiger charge is 2.32. The van der Waals surface area contributed by atoms with Gasteiger partial charge in [-0.1, -0.05) is 30.3 Å². The smallest absolute Gasteiger partial charge is 0.253 e. The van der Waals surface area contributed by atoms with Crippen molar-refractivity contribution in [2.45, 2.75) is 25.3 Å². The Kier molecular flexibility index (Phi) is 5.78. The van der Waals surface area contributed by atoms with Crippen LogP contribution in [0.2, 0.25) is 0 Å². The summed E-state index contributed by atoms with van der Waals surface area (Å²) >= 11 is 0. The van der Waals surface area contributed by atoms with Crippen molar-refractivity contribution >= 4 is 23.0 Å². The number of benzene rings is 2. The zero-order valence-corrected chi connectivity index (χ0v) is 17.2. The summed E-state index contributed by atoms with van der Waals surface area (Å²) in [6.45, 7) is 1.54. The van der Waals surface area contributed by atoms with Crippen LogP contribution in [0.5, 0.6) is 0 Å². The van der Waals surface area contributed by atoms with Crippen molar-refractivity contribution in [3.05, 3.63) is 65.4 Å². The van der Waals surface area contributed by atoms with Crippen LogP contribution in [-0.4, -0.2) is 48.1 Å². The Hall–Kier alpha value is -3.19. The molecule has 0 aliphatic carbocycles. The predicted octanol–water partition coefficient (Wildman–Crippen LogP) is 4.31. The zero-order chi connectivity index (χ0) is 22.0. The van der Waals surface area contributed by atoms with Gasteiger partial charge in [-0.15, -0.1) is 0 Å². The number of pyridine rings is 1. The molecule has 0 unspecified atom stereocenters. The Morgan fingerprint density at radius 2 is 1.84 bits per heavy atom. The molecular weight excluding hydrogens is 400 g/mol. The van der Waals surface area contributed by atoms with E-state index in [1.54, 1.807) is 6.07 Å². The number of halogens is 2. The SMILES string of the molecule is CN1CCC(F)(F)CC1.O=Cc1ccc2c(-c3ccc4c(n3)CNC4=O)cccc2c1. The molecule has 1 fully saturated rings. The van der Waals surface area contributed by atoms with Gasteiger partial charge in [0.15, 0.2) is 0 Å². The molecule has 1 N–H and O–H groups in total. The van der Waals surface area contributed by atoms with E-state index in [1.165, 1.54) is 0 Å². The number of alkyl halides is 2. The lowest BCUT2D eigenvalue weighted by molar-refractivity contribution is -0.0504. The van der Waals surface area contributed by atoms with Gasteiger partial charge in [0.1, 0.15) is 6.29 Å². The molecule has 0 atom stereocenters. The maximum absolute atomic E-state index is 12.4. The molecule has 0 saturated carbocycles.